The van der Waals surface area contributed by atoms with Gasteiger partial charge in [0.2, 0.25) is 0 Å². The zero-order valence-electron chi connectivity index (χ0n) is 13.5. The lowest BCUT2D eigenvalue weighted by Gasteiger charge is -2.29. The third-order valence-corrected chi connectivity index (χ3v) is 4.99. The van der Waals surface area contributed by atoms with Gasteiger partial charge in [0.05, 0.1) is 7.11 Å². The van der Waals surface area contributed by atoms with E-state index in [0.717, 1.165) is 24.3 Å². The predicted molar refractivity (Wildman–Crippen MR) is 92.0 cm³/mol. The van der Waals surface area contributed by atoms with Gasteiger partial charge in [0, 0.05) is 12.1 Å². The third-order valence-electron chi connectivity index (χ3n) is 4.99. The molecule has 3 nitrogen and oxygen atoms in total. The van der Waals surface area contributed by atoms with Crippen molar-refractivity contribution in [1.29, 1.82) is 0 Å². The fraction of sp³-hybridized carbons (Fsp3) is 0.400. The topological polar surface area (TPSA) is 30.5 Å². The van der Waals surface area contributed by atoms with Crippen LogP contribution in [-0.2, 0) is 0 Å². The van der Waals surface area contributed by atoms with Gasteiger partial charge in [-0.15, -0.1) is 0 Å². The number of rotatable bonds is 4. The lowest BCUT2D eigenvalue weighted by molar-refractivity contribution is 0.137. The minimum absolute atomic E-state index is 0.347. The summed E-state index contributed by atoms with van der Waals surface area (Å²) in [4.78, 5) is 0. The van der Waals surface area contributed by atoms with Crippen molar-refractivity contribution in [2.24, 2.45) is 0 Å². The van der Waals surface area contributed by atoms with Crippen LogP contribution in [0, 0.1) is 0 Å². The summed E-state index contributed by atoms with van der Waals surface area (Å²) in [7, 11) is 1.69. The summed E-state index contributed by atoms with van der Waals surface area (Å²) >= 11 is 0. The molecular formula is C20H23NO2. The monoisotopic (exact) mass is 309 g/mol. The first-order valence-corrected chi connectivity index (χ1v) is 8.47. The summed E-state index contributed by atoms with van der Waals surface area (Å²) in [5.41, 5.74) is 2.36. The van der Waals surface area contributed by atoms with E-state index in [-0.39, 0.29) is 0 Å². The standard InChI is InChI=1S/C20H23NO2/c1-22-18-9-5-14(6-10-18)15-3-2-4-19(11-15)23-20-12-16-7-8-17(13-20)21-16/h2-6,9-11,16-17,20-21H,7-8,12-13H2,1H3/t16-,17+,20-. The smallest absolute Gasteiger partial charge is 0.120 e. The fourth-order valence-electron chi connectivity index (χ4n) is 3.83. The van der Waals surface area contributed by atoms with Gasteiger partial charge < -0.3 is 14.8 Å². The Morgan fingerprint density at radius 1 is 0.870 bits per heavy atom. The van der Waals surface area contributed by atoms with Crippen molar-refractivity contribution < 1.29 is 9.47 Å². The average molecular weight is 309 g/mol. The quantitative estimate of drug-likeness (QED) is 0.925. The van der Waals surface area contributed by atoms with Gasteiger partial charge in [-0.1, -0.05) is 24.3 Å². The van der Waals surface area contributed by atoms with E-state index in [1.165, 1.54) is 24.0 Å². The Morgan fingerprint density at radius 2 is 1.61 bits per heavy atom. The number of piperidine rings is 1. The van der Waals surface area contributed by atoms with Crippen molar-refractivity contribution in [2.45, 2.75) is 43.9 Å². The van der Waals surface area contributed by atoms with E-state index in [1.54, 1.807) is 7.11 Å². The van der Waals surface area contributed by atoms with Crippen LogP contribution in [0.15, 0.2) is 48.5 Å². The Balaban J connectivity index is 1.49. The van der Waals surface area contributed by atoms with Gasteiger partial charge in [-0.25, -0.2) is 0 Å². The van der Waals surface area contributed by atoms with Crippen LogP contribution in [0.3, 0.4) is 0 Å². The van der Waals surface area contributed by atoms with Crippen molar-refractivity contribution in [3.05, 3.63) is 48.5 Å². The molecule has 0 saturated carbocycles. The van der Waals surface area contributed by atoms with E-state index in [0.29, 0.717) is 18.2 Å². The molecule has 0 amide bonds. The first kappa shape index (κ1) is 14.6. The Hall–Kier alpha value is -2.00. The molecule has 4 rings (SSSR count). The highest BCUT2D eigenvalue weighted by Gasteiger charge is 2.34. The maximum atomic E-state index is 6.28. The minimum atomic E-state index is 0.347. The second kappa shape index (κ2) is 6.25. The highest BCUT2D eigenvalue weighted by atomic mass is 16.5. The van der Waals surface area contributed by atoms with E-state index < -0.39 is 0 Å². The third kappa shape index (κ3) is 3.20. The van der Waals surface area contributed by atoms with Gasteiger partial charge in [0.1, 0.15) is 17.6 Å². The minimum Gasteiger partial charge on any atom is -0.497 e. The van der Waals surface area contributed by atoms with E-state index in [1.807, 2.05) is 12.1 Å². The molecule has 0 unspecified atom stereocenters. The molecule has 0 aliphatic carbocycles. The summed E-state index contributed by atoms with van der Waals surface area (Å²) in [6, 6.07) is 17.9. The number of methoxy groups -OCH3 is 1. The summed E-state index contributed by atoms with van der Waals surface area (Å²) < 4.78 is 11.5. The molecule has 0 spiro atoms. The molecule has 120 valence electrons. The lowest BCUT2D eigenvalue weighted by Crippen LogP contribution is -2.42. The summed E-state index contributed by atoms with van der Waals surface area (Å²) in [6.45, 7) is 0. The predicted octanol–water partition coefficient (Wildman–Crippen LogP) is 4.02. The van der Waals surface area contributed by atoms with Gasteiger partial charge in [0.25, 0.3) is 0 Å². The Kier molecular flexibility index (Phi) is 3.96. The molecule has 2 aliphatic rings. The van der Waals surface area contributed by atoms with Gasteiger partial charge in [-0.05, 0) is 61.1 Å². The molecule has 0 aromatic heterocycles. The molecule has 23 heavy (non-hydrogen) atoms. The van der Waals surface area contributed by atoms with E-state index in [4.69, 9.17) is 9.47 Å². The van der Waals surface area contributed by atoms with Gasteiger partial charge in [0.15, 0.2) is 0 Å². The van der Waals surface area contributed by atoms with Crippen LogP contribution in [-0.4, -0.2) is 25.3 Å². The van der Waals surface area contributed by atoms with Crippen LogP contribution in [0.25, 0.3) is 11.1 Å². The maximum Gasteiger partial charge on any atom is 0.120 e. The highest BCUT2D eigenvalue weighted by molar-refractivity contribution is 5.65. The van der Waals surface area contributed by atoms with Crippen LogP contribution in [0.5, 0.6) is 11.5 Å². The molecule has 2 saturated heterocycles. The van der Waals surface area contributed by atoms with Crippen LogP contribution in [0.1, 0.15) is 25.7 Å². The zero-order chi connectivity index (χ0) is 15.6. The van der Waals surface area contributed by atoms with Crippen molar-refractivity contribution in [3.63, 3.8) is 0 Å². The molecule has 0 radical (unpaired) electrons. The first-order chi connectivity index (χ1) is 11.3. The van der Waals surface area contributed by atoms with Crippen LogP contribution < -0.4 is 14.8 Å². The number of fused-ring (bicyclic) bond motifs is 2. The lowest BCUT2D eigenvalue weighted by atomic mass is 10.0. The SMILES string of the molecule is COc1ccc(-c2cccc(O[C@@H]3C[C@H]4CC[C@@H](C3)N4)c2)cc1. The average Bonchev–Trinajstić information content (AvgIpc) is 2.94. The molecule has 1 N–H and O–H groups in total. The number of hydrogen-bond acceptors (Lipinski definition) is 3. The maximum absolute atomic E-state index is 6.28. The van der Waals surface area contributed by atoms with Crippen LogP contribution in [0.2, 0.25) is 0 Å². The normalized spacial score (nSPS) is 26.0. The van der Waals surface area contributed by atoms with E-state index in [9.17, 15) is 0 Å². The second-order valence-corrected chi connectivity index (χ2v) is 6.61. The summed E-state index contributed by atoms with van der Waals surface area (Å²) in [5.74, 6) is 1.86. The van der Waals surface area contributed by atoms with Crippen LogP contribution >= 0.6 is 0 Å². The summed E-state index contributed by atoms with van der Waals surface area (Å²) in [6.07, 6.45) is 5.21. The fourth-order valence-corrected chi connectivity index (χ4v) is 3.83. The molecule has 3 heteroatoms. The Bertz CT molecular complexity index is 656. The largest absolute Gasteiger partial charge is 0.497 e. The first-order valence-electron chi connectivity index (χ1n) is 8.47. The molecule has 2 heterocycles. The van der Waals surface area contributed by atoms with Crippen molar-refractivity contribution >= 4 is 0 Å². The number of ether oxygens (including phenoxy) is 2. The Labute approximate surface area is 137 Å². The van der Waals surface area contributed by atoms with Crippen molar-refractivity contribution in [1.82, 2.24) is 5.32 Å². The molecule has 2 aromatic carbocycles. The van der Waals surface area contributed by atoms with E-state index in [2.05, 4.69) is 41.7 Å². The Morgan fingerprint density at radius 3 is 2.30 bits per heavy atom. The summed E-state index contributed by atoms with van der Waals surface area (Å²) in [5, 5.41) is 3.66. The molecule has 2 fully saturated rings. The highest BCUT2D eigenvalue weighted by Crippen LogP contribution is 2.31. The van der Waals surface area contributed by atoms with Crippen molar-refractivity contribution in [2.75, 3.05) is 7.11 Å². The molecule has 2 aliphatic heterocycles. The van der Waals surface area contributed by atoms with E-state index >= 15 is 0 Å². The zero-order valence-corrected chi connectivity index (χ0v) is 13.5. The molecule has 3 atom stereocenters. The molecular weight excluding hydrogens is 286 g/mol. The second-order valence-electron chi connectivity index (χ2n) is 6.61. The molecule has 2 bridgehead atoms. The molecule has 2 aromatic rings. The van der Waals surface area contributed by atoms with Gasteiger partial charge in [-0.2, -0.15) is 0 Å². The van der Waals surface area contributed by atoms with Crippen LogP contribution in [0.4, 0.5) is 0 Å². The van der Waals surface area contributed by atoms with Gasteiger partial charge in [-0.3, -0.25) is 0 Å². The van der Waals surface area contributed by atoms with Crippen molar-refractivity contribution in [3.8, 4) is 22.6 Å². The number of nitrogens with one attached hydrogen (secondary N) is 1. The number of benzene rings is 2. The van der Waals surface area contributed by atoms with Gasteiger partial charge >= 0.3 is 0 Å². The number of hydrogen-bond donors (Lipinski definition) is 1.